The number of carbonyl (C=O) groups excluding carboxylic acids is 1. The van der Waals surface area contributed by atoms with Crippen LogP contribution in [-0.2, 0) is 17.8 Å². The van der Waals surface area contributed by atoms with Gasteiger partial charge in [0.1, 0.15) is 12.3 Å². The number of carbonyl (C=O) groups is 1. The highest BCUT2D eigenvalue weighted by atomic mass is 16.4. The Morgan fingerprint density at radius 3 is 2.79 bits per heavy atom. The van der Waals surface area contributed by atoms with Crippen molar-refractivity contribution in [2.24, 2.45) is 0 Å². The van der Waals surface area contributed by atoms with Crippen LogP contribution in [-0.4, -0.2) is 28.5 Å². The van der Waals surface area contributed by atoms with Gasteiger partial charge in [0.05, 0.1) is 11.8 Å². The van der Waals surface area contributed by atoms with Crippen LogP contribution >= 0.6 is 0 Å². The molecule has 0 spiro atoms. The Hall–Kier alpha value is -2.76. The van der Waals surface area contributed by atoms with Crippen molar-refractivity contribution in [2.75, 3.05) is 7.05 Å². The van der Waals surface area contributed by atoms with Crippen molar-refractivity contribution in [2.45, 2.75) is 32.4 Å². The lowest BCUT2D eigenvalue weighted by Gasteiger charge is -2.24. The fraction of sp³-hybridized carbons (Fsp3) is 0.333. The smallest absolute Gasteiger partial charge is 0.420 e. The number of hydrogen-bond acceptors (Lipinski definition) is 4. The summed E-state index contributed by atoms with van der Waals surface area (Å²) in [5.41, 5.74) is 1.12. The average Bonchev–Trinajstić information content (AvgIpc) is 3.20. The molecule has 126 valence electrons. The molecule has 1 aromatic carbocycles. The minimum Gasteiger partial charge on any atom is -0.469 e. The van der Waals surface area contributed by atoms with Gasteiger partial charge < -0.3 is 13.7 Å². The van der Waals surface area contributed by atoms with E-state index in [1.54, 1.807) is 36.4 Å². The lowest BCUT2D eigenvalue weighted by molar-refractivity contribution is -0.132. The summed E-state index contributed by atoms with van der Waals surface area (Å²) in [6.07, 6.45) is 3.20. The molecule has 6 nitrogen and oxygen atoms in total. The van der Waals surface area contributed by atoms with Gasteiger partial charge in [-0.25, -0.2) is 4.79 Å². The third kappa shape index (κ3) is 3.27. The minimum atomic E-state index is -0.513. The number of oxazole rings is 1. The number of para-hydroxylation sites is 2. The highest BCUT2D eigenvalue weighted by Gasteiger charge is 2.19. The summed E-state index contributed by atoms with van der Waals surface area (Å²) in [6, 6.07) is 10.9. The zero-order valence-electron chi connectivity index (χ0n) is 13.8. The molecule has 2 aromatic heterocycles. The molecular weight excluding hydrogens is 308 g/mol. The number of aryl methyl sites for hydroxylation is 1. The summed E-state index contributed by atoms with van der Waals surface area (Å²) in [4.78, 5) is 26.1. The molecule has 0 fully saturated rings. The van der Waals surface area contributed by atoms with E-state index in [1.165, 1.54) is 4.57 Å². The quantitative estimate of drug-likeness (QED) is 0.697. The van der Waals surface area contributed by atoms with Gasteiger partial charge in [-0.05, 0) is 37.6 Å². The van der Waals surface area contributed by atoms with E-state index in [4.69, 9.17) is 8.83 Å². The van der Waals surface area contributed by atoms with Gasteiger partial charge in [0.25, 0.3) is 0 Å². The van der Waals surface area contributed by atoms with E-state index in [1.807, 2.05) is 25.1 Å². The topological polar surface area (TPSA) is 68.6 Å². The van der Waals surface area contributed by atoms with Crippen molar-refractivity contribution in [3.63, 3.8) is 0 Å². The van der Waals surface area contributed by atoms with Crippen molar-refractivity contribution in [1.82, 2.24) is 9.47 Å². The Bertz CT molecular complexity index is 876. The molecule has 3 aromatic rings. The standard InChI is InChI=1S/C18H20N2O4/c1-13(9-10-14-6-5-11-23-14)19(2)17(21)12-20-15-7-3-4-8-16(15)24-18(20)22/h3-8,11,13H,9-10,12H2,1-2H3/t13-/m0/s1. The Balaban J connectivity index is 1.67. The van der Waals surface area contributed by atoms with Gasteiger partial charge in [0.15, 0.2) is 5.58 Å². The number of fused-ring (bicyclic) bond motifs is 1. The number of hydrogen-bond donors (Lipinski definition) is 0. The molecule has 0 radical (unpaired) electrons. The molecule has 0 aliphatic heterocycles. The highest BCUT2D eigenvalue weighted by molar-refractivity contribution is 5.79. The second kappa shape index (κ2) is 6.78. The summed E-state index contributed by atoms with van der Waals surface area (Å²) in [7, 11) is 1.75. The lowest BCUT2D eigenvalue weighted by Crippen LogP contribution is -2.38. The van der Waals surface area contributed by atoms with Crippen LogP contribution in [0.25, 0.3) is 11.1 Å². The summed E-state index contributed by atoms with van der Waals surface area (Å²) in [5, 5.41) is 0. The van der Waals surface area contributed by atoms with Gasteiger partial charge in [-0.2, -0.15) is 0 Å². The van der Waals surface area contributed by atoms with Crippen LogP contribution in [0.2, 0.25) is 0 Å². The molecule has 24 heavy (non-hydrogen) atoms. The fourth-order valence-electron chi connectivity index (χ4n) is 2.66. The third-order valence-electron chi connectivity index (χ3n) is 4.31. The molecular formula is C18H20N2O4. The first-order valence-corrected chi connectivity index (χ1v) is 7.92. The third-order valence-corrected chi connectivity index (χ3v) is 4.31. The molecule has 0 unspecified atom stereocenters. The van der Waals surface area contributed by atoms with Gasteiger partial charge in [-0.3, -0.25) is 9.36 Å². The SMILES string of the molecule is C[C@@H](CCc1ccco1)N(C)C(=O)Cn1c(=O)oc2ccccc21. The molecule has 0 aliphatic rings. The largest absolute Gasteiger partial charge is 0.469 e. The summed E-state index contributed by atoms with van der Waals surface area (Å²) < 4.78 is 11.8. The summed E-state index contributed by atoms with van der Waals surface area (Å²) >= 11 is 0. The first-order valence-electron chi connectivity index (χ1n) is 7.92. The number of nitrogens with zero attached hydrogens (tertiary/aromatic N) is 2. The van der Waals surface area contributed by atoms with E-state index in [0.717, 1.165) is 18.6 Å². The van der Waals surface area contributed by atoms with Crippen LogP contribution < -0.4 is 5.76 Å². The van der Waals surface area contributed by atoms with Gasteiger partial charge in [-0.1, -0.05) is 12.1 Å². The lowest BCUT2D eigenvalue weighted by atomic mass is 10.1. The zero-order chi connectivity index (χ0) is 17.1. The van der Waals surface area contributed by atoms with Crippen LogP contribution in [0.5, 0.6) is 0 Å². The van der Waals surface area contributed by atoms with Crippen molar-refractivity contribution in [3.8, 4) is 0 Å². The number of furan rings is 1. The van der Waals surface area contributed by atoms with Gasteiger partial charge in [-0.15, -0.1) is 0 Å². The van der Waals surface area contributed by atoms with Gasteiger partial charge >= 0.3 is 5.76 Å². The van der Waals surface area contributed by atoms with Crippen molar-refractivity contribution in [1.29, 1.82) is 0 Å². The van der Waals surface area contributed by atoms with Crippen LogP contribution in [0.15, 0.2) is 56.3 Å². The molecule has 1 atom stereocenters. The number of amides is 1. The predicted octanol–water partition coefficient (Wildman–Crippen LogP) is 2.67. The van der Waals surface area contributed by atoms with Crippen molar-refractivity contribution in [3.05, 3.63) is 59.0 Å². The first kappa shape index (κ1) is 16.1. The molecule has 3 rings (SSSR count). The fourth-order valence-corrected chi connectivity index (χ4v) is 2.66. The molecule has 0 N–H and O–H groups in total. The number of benzene rings is 1. The summed E-state index contributed by atoms with van der Waals surface area (Å²) in [5.74, 6) is 0.261. The zero-order valence-corrected chi connectivity index (χ0v) is 13.8. The highest BCUT2D eigenvalue weighted by Crippen LogP contribution is 2.13. The maximum Gasteiger partial charge on any atom is 0.420 e. The van der Waals surface area contributed by atoms with Crippen LogP contribution in [0, 0.1) is 0 Å². The molecule has 0 saturated carbocycles. The number of likely N-dealkylation sites (N-methyl/N-ethyl adjacent to an activating group) is 1. The predicted molar refractivity (Wildman–Crippen MR) is 89.7 cm³/mol. The number of aromatic nitrogens is 1. The maximum atomic E-state index is 12.5. The van der Waals surface area contributed by atoms with Crippen LogP contribution in [0.4, 0.5) is 0 Å². The van der Waals surface area contributed by atoms with Crippen LogP contribution in [0.3, 0.4) is 0 Å². The molecule has 0 bridgehead atoms. The van der Waals surface area contributed by atoms with E-state index >= 15 is 0 Å². The normalized spacial score (nSPS) is 12.4. The first-order chi connectivity index (χ1) is 11.6. The molecule has 0 aliphatic carbocycles. The Kier molecular flexibility index (Phi) is 4.55. The second-order valence-electron chi connectivity index (χ2n) is 5.89. The van der Waals surface area contributed by atoms with Crippen LogP contribution in [0.1, 0.15) is 19.1 Å². The second-order valence-corrected chi connectivity index (χ2v) is 5.89. The molecule has 2 heterocycles. The van der Waals surface area contributed by atoms with E-state index in [2.05, 4.69) is 0 Å². The molecule has 0 saturated heterocycles. The maximum absolute atomic E-state index is 12.5. The van der Waals surface area contributed by atoms with Crippen molar-refractivity contribution < 1.29 is 13.6 Å². The van der Waals surface area contributed by atoms with Crippen molar-refractivity contribution >= 4 is 17.0 Å². The minimum absolute atomic E-state index is 0.0303. The molecule has 1 amide bonds. The Labute approximate surface area is 139 Å². The monoisotopic (exact) mass is 328 g/mol. The molecule has 6 heteroatoms. The van der Waals surface area contributed by atoms with E-state index in [-0.39, 0.29) is 18.5 Å². The van der Waals surface area contributed by atoms with E-state index in [9.17, 15) is 9.59 Å². The Morgan fingerprint density at radius 1 is 1.25 bits per heavy atom. The van der Waals surface area contributed by atoms with E-state index in [0.29, 0.717) is 11.1 Å². The average molecular weight is 328 g/mol. The van der Waals surface area contributed by atoms with Gasteiger partial charge in [0, 0.05) is 19.5 Å². The van der Waals surface area contributed by atoms with Gasteiger partial charge in [0.2, 0.25) is 5.91 Å². The Morgan fingerprint density at radius 2 is 2.04 bits per heavy atom. The summed E-state index contributed by atoms with van der Waals surface area (Å²) in [6.45, 7) is 1.95. The van der Waals surface area contributed by atoms with E-state index < -0.39 is 5.76 Å². The number of rotatable bonds is 6.